The fourth-order valence-electron chi connectivity index (χ4n) is 0.698. The van der Waals surface area contributed by atoms with Crippen LogP contribution >= 0.6 is 22.9 Å². The van der Waals surface area contributed by atoms with Crippen molar-refractivity contribution in [2.24, 2.45) is 5.73 Å². The summed E-state index contributed by atoms with van der Waals surface area (Å²) in [6.07, 6.45) is 0. The first-order valence-electron chi connectivity index (χ1n) is 3.34. The van der Waals surface area contributed by atoms with Crippen LogP contribution in [0.25, 0.3) is 0 Å². The first-order chi connectivity index (χ1) is 5.98. The van der Waals surface area contributed by atoms with Crippen molar-refractivity contribution in [2.45, 2.75) is 9.58 Å². The summed E-state index contributed by atoms with van der Waals surface area (Å²) in [6.45, 7) is -0.599. The number of rotatable bonds is 3. The molecule has 1 unspecified atom stereocenters. The van der Waals surface area contributed by atoms with Crippen molar-refractivity contribution in [3.05, 3.63) is 16.5 Å². The summed E-state index contributed by atoms with van der Waals surface area (Å²) in [7, 11) is -3.61. The zero-order valence-electron chi connectivity index (χ0n) is 6.47. The number of halogens is 1. The molecule has 1 aromatic heterocycles. The van der Waals surface area contributed by atoms with Gasteiger partial charge in [-0.1, -0.05) is 11.6 Å². The Labute approximate surface area is 84.9 Å². The summed E-state index contributed by atoms with van der Waals surface area (Å²) in [5.74, 6) is 0. The van der Waals surface area contributed by atoms with E-state index >= 15 is 0 Å². The zero-order chi connectivity index (χ0) is 10.1. The molecule has 1 atom stereocenters. The molecule has 0 saturated heterocycles. The van der Waals surface area contributed by atoms with Crippen LogP contribution in [0, 0.1) is 0 Å². The van der Waals surface area contributed by atoms with E-state index in [9.17, 15) is 8.42 Å². The Hall–Kier alpha value is -0.140. The lowest BCUT2D eigenvalue weighted by molar-refractivity contribution is 0.292. The molecule has 1 aromatic rings. The van der Waals surface area contributed by atoms with Crippen molar-refractivity contribution < 1.29 is 13.5 Å². The minimum atomic E-state index is -3.61. The second-order valence-electron chi connectivity index (χ2n) is 2.32. The molecule has 7 heteroatoms. The quantitative estimate of drug-likeness (QED) is 0.805. The van der Waals surface area contributed by atoms with Crippen LogP contribution in [0.15, 0.2) is 16.3 Å². The Morgan fingerprint density at radius 1 is 1.62 bits per heavy atom. The Bertz CT molecular complexity index is 386. The Morgan fingerprint density at radius 3 is 2.62 bits per heavy atom. The van der Waals surface area contributed by atoms with Gasteiger partial charge in [-0.05, 0) is 12.1 Å². The summed E-state index contributed by atoms with van der Waals surface area (Å²) in [5, 5.41) is 7.33. The van der Waals surface area contributed by atoms with Crippen LogP contribution in [-0.2, 0) is 9.84 Å². The highest BCUT2D eigenvalue weighted by atomic mass is 35.5. The maximum Gasteiger partial charge on any atom is 0.205 e. The van der Waals surface area contributed by atoms with Gasteiger partial charge < -0.3 is 10.8 Å². The van der Waals surface area contributed by atoms with Gasteiger partial charge in [-0.15, -0.1) is 11.3 Å². The summed E-state index contributed by atoms with van der Waals surface area (Å²) in [5.41, 5.74) is 5.22. The lowest BCUT2D eigenvalue weighted by Crippen LogP contribution is -2.33. The SMILES string of the molecule is NC(CO)S(=O)(=O)c1ccc(Cl)s1. The molecule has 4 nitrogen and oxygen atoms in total. The monoisotopic (exact) mass is 241 g/mol. The molecule has 0 aliphatic carbocycles. The van der Waals surface area contributed by atoms with Crippen LogP contribution in [0.2, 0.25) is 4.34 Å². The third-order valence-corrected chi connectivity index (χ3v) is 5.02. The smallest absolute Gasteiger partial charge is 0.205 e. The van der Waals surface area contributed by atoms with E-state index in [0.29, 0.717) is 4.34 Å². The van der Waals surface area contributed by atoms with Crippen LogP contribution in [0.3, 0.4) is 0 Å². The van der Waals surface area contributed by atoms with Crippen LogP contribution in [-0.4, -0.2) is 25.5 Å². The maximum absolute atomic E-state index is 11.4. The van der Waals surface area contributed by atoms with Gasteiger partial charge in [-0.2, -0.15) is 0 Å². The van der Waals surface area contributed by atoms with Gasteiger partial charge in [0.25, 0.3) is 0 Å². The first-order valence-corrected chi connectivity index (χ1v) is 6.08. The number of aliphatic hydroxyl groups excluding tert-OH is 1. The molecule has 0 aliphatic rings. The number of thiophene rings is 1. The van der Waals surface area contributed by atoms with E-state index in [2.05, 4.69) is 0 Å². The molecular weight excluding hydrogens is 234 g/mol. The van der Waals surface area contributed by atoms with Gasteiger partial charge in [-0.3, -0.25) is 0 Å². The van der Waals surface area contributed by atoms with Crippen LogP contribution in [0.5, 0.6) is 0 Å². The summed E-state index contributed by atoms with van der Waals surface area (Å²) < 4.78 is 23.3. The average Bonchev–Trinajstić information content (AvgIpc) is 2.50. The molecule has 13 heavy (non-hydrogen) atoms. The van der Waals surface area contributed by atoms with Crippen molar-refractivity contribution in [2.75, 3.05) is 6.61 Å². The molecule has 3 N–H and O–H groups in total. The third-order valence-electron chi connectivity index (χ3n) is 1.41. The van der Waals surface area contributed by atoms with Crippen molar-refractivity contribution in [1.29, 1.82) is 0 Å². The molecule has 0 amide bonds. The van der Waals surface area contributed by atoms with E-state index in [1.54, 1.807) is 0 Å². The average molecular weight is 242 g/mol. The number of sulfone groups is 1. The molecule has 1 rings (SSSR count). The summed E-state index contributed by atoms with van der Waals surface area (Å²) in [4.78, 5) is 0. The lowest BCUT2D eigenvalue weighted by Gasteiger charge is -2.06. The standard InChI is InChI=1S/C6H8ClNO3S2/c7-4-1-2-6(12-4)13(10,11)5(8)3-9/h1-2,5,9H,3,8H2. The second-order valence-corrected chi connectivity index (χ2v) is 6.43. The van der Waals surface area contributed by atoms with Crippen LogP contribution < -0.4 is 5.73 Å². The van der Waals surface area contributed by atoms with Crippen LogP contribution in [0.4, 0.5) is 0 Å². The van der Waals surface area contributed by atoms with E-state index in [0.717, 1.165) is 11.3 Å². The highest BCUT2D eigenvalue weighted by molar-refractivity contribution is 7.94. The van der Waals surface area contributed by atoms with Crippen molar-refractivity contribution in [3.8, 4) is 0 Å². The maximum atomic E-state index is 11.4. The van der Waals surface area contributed by atoms with Gasteiger partial charge in [0.15, 0.2) is 0 Å². The van der Waals surface area contributed by atoms with E-state index in [4.69, 9.17) is 22.4 Å². The van der Waals surface area contributed by atoms with E-state index < -0.39 is 21.8 Å². The van der Waals surface area contributed by atoms with Gasteiger partial charge >= 0.3 is 0 Å². The molecule has 74 valence electrons. The predicted molar refractivity (Wildman–Crippen MR) is 51.6 cm³/mol. The normalized spacial score (nSPS) is 14.4. The number of nitrogens with two attached hydrogens (primary N) is 1. The second kappa shape index (κ2) is 3.93. The summed E-state index contributed by atoms with van der Waals surface area (Å²) >= 11 is 6.49. The van der Waals surface area contributed by atoms with Gasteiger partial charge in [-0.25, -0.2) is 8.42 Å². The summed E-state index contributed by atoms with van der Waals surface area (Å²) in [6, 6.07) is 2.85. The van der Waals surface area contributed by atoms with Gasteiger partial charge in [0.1, 0.15) is 9.58 Å². The molecular formula is C6H8ClNO3S2. The van der Waals surface area contributed by atoms with Gasteiger partial charge in [0.05, 0.1) is 10.9 Å². The Morgan fingerprint density at radius 2 is 2.23 bits per heavy atom. The van der Waals surface area contributed by atoms with Gasteiger partial charge in [0.2, 0.25) is 9.84 Å². The van der Waals surface area contributed by atoms with E-state index in [-0.39, 0.29) is 4.21 Å². The van der Waals surface area contributed by atoms with Gasteiger partial charge in [0, 0.05) is 0 Å². The molecule has 0 aromatic carbocycles. The largest absolute Gasteiger partial charge is 0.394 e. The third kappa shape index (κ3) is 2.21. The van der Waals surface area contributed by atoms with Crippen molar-refractivity contribution in [1.82, 2.24) is 0 Å². The fourth-order valence-corrected chi connectivity index (χ4v) is 3.47. The lowest BCUT2D eigenvalue weighted by atomic mass is 10.7. The molecule has 0 saturated carbocycles. The molecule has 0 bridgehead atoms. The first kappa shape index (κ1) is 10.9. The number of aliphatic hydroxyl groups is 1. The number of hydrogen-bond donors (Lipinski definition) is 2. The fraction of sp³-hybridized carbons (Fsp3) is 0.333. The molecule has 0 fully saturated rings. The Kier molecular flexibility index (Phi) is 3.31. The van der Waals surface area contributed by atoms with Crippen LogP contribution in [0.1, 0.15) is 0 Å². The molecule has 1 heterocycles. The minimum absolute atomic E-state index is 0.0825. The number of hydrogen-bond acceptors (Lipinski definition) is 5. The van der Waals surface area contributed by atoms with E-state index in [1.807, 2.05) is 0 Å². The topological polar surface area (TPSA) is 80.4 Å². The zero-order valence-corrected chi connectivity index (χ0v) is 8.86. The Balaban J connectivity index is 3.08. The molecule has 0 radical (unpaired) electrons. The van der Waals surface area contributed by atoms with Crippen molar-refractivity contribution >= 4 is 32.8 Å². The molecule has 0 aliphatic heterocycles. The van der Waals surface area contributed by atoms with E-state index in [1.165, 1.54) is 12.1 Å². The van der Waals surface area contributed by atoms with Crippen molar-refractivity contribution in [3.63, 3.8) is 0 Å². The predicted octanol–water partition coefficient (Wildman–Crippen LogP) is 0.452. The highest BCUT2D eigenvalue weighted by Crippen LogP contribution is 2.27. The highest BCUT2D eigenvalue weighted by Gasteiger charge is 2.24. The minimum Gasteiger partial charge on any atom is -0.394 e. The molecule has 0 spiro atoms.